The van der Waals surface area contributed by atoms with Crippen LogP contribution in [-0.4, -0.2) is 47.9 Å². The van der Waals surface area contributed by atoms with Crippen molar-refractivity contribution in [2.24, 2.45) is 11.8 Å². The number of hydrogen-bond acceptors (Lipinski definition) is 6. The van der Waals surface area contributed by atoms with Crippen LogP contribution in [0.4, 0.5) is 0 Å². The summed E-state index contributed by atoms with van der Waals surface area (Å²) in [5.74, 6) is 0.535. The van der Waals surface area contributed by atoms with Crippen molar-refractivity contribution in [2.45, 2.75) is 12.8 Å². The second kappa shape index (κ2) is 9.31. The lowest BCUT2D eigenvalue weighted by Crippen LogP contribution is -2.26. The number of aromatic hydroxyl groups is 2. The van der Waals surface area contributed by atoms with Gasteiger partial charge in [-0.3, -0.25) is 0 Å². The third-order valence-electron chi connectivity index (χ3n) is 4.62. The zero-order valence-corrected chi connectivity index (χ0v) is 15.1. The topological polar surface area (TPSA) is 99.4 Å². The molecule has 0 radical (unpaired) electrons. The van der Waals surface area contributed by atoms with E-state index in [4.69, 9.17) is 9.47 Å². The van der Waals surface area contributed by atoms with Crippen LogP contribution >= 0.6 is 0 Å². The number of benzene rings is 2. The molecule has 0 amide bonds. The molecule has 0 fully saturated rings. The van der Waals surface area contributed by atoms with Crippen LogP contribution in [0.1, 0.15) is 11.1 Å². The summed E-state index contributed by atoms with van der Waals surface area (Å²) in [6.07, 6.45) is 1.07. The summed E-state index contributed by atoms with van der Waals surface area (Å²) in [6.45, 7) is -0.159. The fourth-order valence-corrected chi connectivity index (χ4v) is 3.06. The molecular weight excluding hydrogens is 336 g/mol. The Hall–Kier alpha value is -2.44. The molecule has 0 bridgehead atoms. The predicted octanol–water partition coefficient (Wildman–Crippen LogP) is 2.12. The van der Waals surface area contributed by atoms with Gasteiger partial charge in [0.2, 0.25) is 0 Å². The minimum Gasteiger partial charge on any atom is -0.504 e. The lowest BCUT2D eigenvalue weighted by Gasteiger charge is -2.24. The van der Waals surface area contributed by atoms with Gasteiger partial charge >= 0.3 is 0 Å². The van der Waals surface area contributed by atoms with Gasteiger partial charge in [0.05, 0.1) is 14.2 Å². The molecule has 2 aromatic rings. The SMILES string of the molecule is COc1cc(C[C@@H](CO)[C@@H](CO)Cc2ccc(O)c(OC)c2)ccc1O. The standard InChI is InChI=1S/C20H26O6/c1-25-19-9-13(3-5-17(19)23)7-15(11-21)16(12-22)8-14-4-6-18(24)20(10-14)26-2/h3-6,9-10,15-16,21-24H,7-8,11-12H2,1-2H3/t15-,16+. The molecule has 0 unspecified atom stereocenters. The average molecular weight is 362 g/mol. The smallest absolute Gasteiger partial charge is 0.160 e. The van der Waals surface area contributed by atoms with Gasteiger partial charge in [0, 0.05) is 13.2 Å². The number of ether oxygens (including phenoxy) is 2. The van der Waals surface area contributed by atoms with E-state index in [2.05, 4.69) is 0 Å². The van der Waals surface area contributed by atoms with Crippen molar-refractivity contribution in [3.05, 3.63) is 47.5 Å². The predicted molar refractivity (Wildman–Crippen MR) is 97.9 cm³/mol. The first-order valence-electron chi connectivity index (χ1n) is 8.45. The van der Waals surface area contributed by atoms with E-state index < -0.39 is 0 Å². The van der Waals surface area contributed by atoms with Crippen LogP contribution in [0.3, 0.4) is 0 Å². The Labute approximate surface area is 153 Å². The van der Waals surface area contributed by atoms with E-state index in [0.29, 0.717) is 24.3 Å². The molecular formula is C20H26O6. The van der Waals surface area contributed by atoms with Gasteiger partial charge < -0.3 is 29.9 Å². The van der Waals surface area contributed by atoms with Crippen LogP contribution in [0.5, 0.6) is 23.0 Å². The Balaban J connectivity index is 2.15. The highest BCUT2D eigenvalue weighted by Gasteiger charge is 2.22. The van der Waals surface area contributed by atoms with Crippen molar-refractivity contribution in [1.29, 1.82) is 0 Å². The lowest BCUT2D eigenvalue weighted by atomic mass is 9.83. The van der Waals surface area contributed by atoms with E-state index in [1.165, 1.54) is 14.2 Å². The zero-order chi connectivity index (χ0) is 19.1. The van der Waals surface area contributed by atoms with Gasteiger partial charge in [-0.2, -0.15) is 0 Å². The Morgan fingerprint density at radius 2 is 1.12 bits per heavy atom. The van der Waals surface area contributed by atoms with E-state index >= 15 is 0 Å². The normalized spacial score (nSPS) is 13.2. The zero-order valence-electron chi connectivity index (χ0n) is 15.1. The molecule has 0 heterocycles. The van der Waals surface area contributed by atoms with Crippen LogP contribution in [0.25, 0.3) is 0 Å². The summed E-state index contributed by atoms with van der Waals surface area (Å²) in [4.78, 5) is 0. The van der Waals surface area contributed by atoms with Gasteiger partial charge in [-0.05, 0) is 60.1 Å². The van der Waals surface area contributed by atoms with Crippen LogP contribution in [-0.2, 0) is 12.8 Å². The molecule has 0 saturated carbocycles. The first-order valence-corrected chi connectivity index (χ1v) is 8.45. The third-order valence-corrected chi connectivity index (χ3v) is 4.62. The Bertz CT molecular complexity index is 654. The Kier molecular flexibility index (Phi) is 7.12. The Morgan fingerprint density at radius 3 is 1.42 bits per heavy atom. The molecule has 0 saturated heterocycles. The van der Waals surface area contributed by atoms with Crippen molar-refractivity contribution in [3.8, 4) is 23.0 Å². The van der Waals surface area contributed by atoms with Crippen molar-refractivity contribution in [1.82, 2.24) is 0 Å². The lowest BCUT2D eigenvalue weighted by molar-refractivity contribution is 0.119. The average Bonchev–Trinajstić information content (AvgIpc) is 2.66. The maximum absolute atomic E-state index is 9.84. The van der Waals surface area contributed by atoms with Crippen LogP contribution < -0.4 is 9.47 Å². The van der Waals surface area contributed by atoms with Crippen molar-refractivity contribution >= 4 is 0 Å². The van der Waals surface area contributed by atoms with Crippen LogP contribution in [0.2, 0.25) is 0 Å². The second-order valence-corrected chi connectivity index (χ2v) is 6.31. The minimum atomic E-state index is -0.172. The highest BCUT2D eigenvalue weighted by Crippen LogP contribution is 2.31. The van der Waals surface area contributed by atoms with Crippen molar-refractivity contribution in [3.63, 3.8) is 0 Å². The van der Waals surface area contributed by atoms with Gasteiger partial charge in [0.15, 0.2) is 23.0 Å². The van der Waals surface area contributed by atoms with E-state index in [1.54, 1.807) is 36.4 Å². The monoisotopic (exact) mass is 362 g/mol. The molecule has 6 nitrogen and oxygen atoms in total. The van der Waals surface area contributed by atoms with Gasteiger partial charge in [0.1, 0.15) is 0 Å². The number of aliphatic hydroxyl groups excluding tert-OH is 2. The molecule has 0 aliphatic carbocycles. The second-order valence-electron chi connectivity index (χ2n) is 6.31. The minimum absolute atomic E-state index is 0.0618. The fraction of sp³-hybridized carbons (Fsp3) is 0.400. The number of phenols is 2. The van der Waals surface area contributed by atoms with Crippen molar-refractivity contribution in [2.75, 3.05) is 27.4 Å². The highest BCUT2D eigenvalue weighted by molar-refractivity contribution is 5.43. The number of phenolic OH excluding ortho intramolecular Hbond substituents is 2. The quantitative estimate of drug-likeness (QED) is 0.545. The molecule has 2 rings (SSSR count). The van der Waals surface area contributed by atoms with Crippen LogP contribution in [0, 0.1) is 11.8 Å². The van der Waals surface area contributed by atoms with Gasteiger partial charge in [-0.25, -0.2) is 0 Å². The molecule has 6 heteroatoms. The molecule has 0 aliphatic heterocycles. The third kappa shape index (κ3) is 4.80. The van der Waals surface area contributed by atoms with E-state index in [-0.39, 0.29) is 36.5 Å². The molecule has 2 atom stereocenters. The first kappa shape index (κ1) is 19.9. The summed E-state index contributed by atoms with van der Waals surface area (Å²) >= 11 is 0. The number of aliphatic hydroxyl groups is 2. The van der Waals surface area contributed by atoms with E-state index in [9.17, 15) is 20.4 Å². The van der Waals surface area contributed by atoms with Crippen LogP contribution in [0.15, 0.2) is 36.4 Å². The number of methoxy groups -OCH3 is 2. The molecule has 0 spiro atoms. The van der Waals surface area contributed by atoms with Gasteiger partial charge in [-0.15, -0.1) is 0 Å². The summed E-state index contributed by atoms with van der Waals surface area (Å²) in [5.41, 5.74) is 1.81. The number of rotatable bonds is 9. The molecule has 142 valence electrons. The highest BCUT2D eigenvalue weighted by atomic mass is 16.5. The molecule has 2 aromatic carbocycles. The maximum atomic E-state index is 9.84. The molecule has 26 heavy (non-hydrogen) atoms. The fourth-order valence-electron chi connectivity index (χ4n) is 3.06. The molecule has 0 aromatic heterocycles. The summed E-state index contributed by atoms with van der Waals surface area (Å²) in [6, 6.07) is 10.1. The number of hydrogen-bond donors (Lipinski definition) is 4. The van der Waals surface area contributed by atoms with Gasteiger partial charge in [-0.1, -0.05) is 12.1 Å². The van der Waals surface area contributed by atoms with Gasteiger partial charge in [0.25, 0.3) is 0 Å². The molecule has 4 N–H and O–H groups in total. The summed E-state index contributed by atoms with van der Waals surface area (Å²) < 4.78 is 10.2. The van der Waals surface area contributed by atoms with E-state index in [1.807, 2.05) is 0 Å². The summed E-state index contributed by atoms with van der Waals surface area (Å²) in [5, 5.41) is 39.1. The van der Waals surface area contributed by atoms with E-state index in [0.717, 1.165) is 11.1 Å². The first-order chi connectivity index (χ1) is 12.5. The van der Waals surface area contributed by atoms with Crippen molar-refractivity contribution < 1.29 is 29.9 Å². The maximum Gasteiger partial charge on any atom is 0.160 e. The largest absolute Gasteiger partial charge is 0.504 e. The summed E-state index contributed by atoms with van der Waals surface area (Å²) in [7, 11) is 2.97. The molecule has 0 aliphatic rings. The Morgan fingerprint density at radius 1 is 0.731 bits per heavy atom.